The third-order valence-electron chi connectivity index (χ3n) is 3.43. The molecule has 0 fully saturated rings. The summed E-state index contributed by atoms with van der Waals surface area (Å²) in [4.78, 5) is 11.2. The van der Waals surface area contributed by atoms with Crippen molar-refractivity contribution in [1.29, 1.82) is 10.8 Å². The van der Waals surface area contributed by atoms with Crippen molar-refractivity contribution < 1.29 is 18.7 Å². The van der Waals surface area contributed by atoms with E-state index in [-0.39, 0.29) is 23.8 Å². The normalized spacial score (nSPS) is 11.5. The summed E-state index contributed by atoms with van der Waals surface area (Å²) in [6.07, 6.45) is -2.53. The fourth-order valence-electron chi connectivity index (χ4n) is 2.36. The summed E-state index contributed by atoms with van der Waals surface area (Å²) in [5.74, 6) is -1.17. The number of primary amides is 1. The highest BCUT2D eigenvalue weighted by atomic mass is 35.5. The molecule has 0 saturated heterocycles. The molecular weight excluding hydrogens is 361 g/mol. The van der Waals surface area contributed by atoms with E-state index in [1.54, 1.807) is 30.3 Å². The second-order valence-electron chi connectivity index (χ2n) is 5.45. The van der Waals surface area contributed by atoms with E-state index in [0.717, 1.165) is 5.56 Å². The van der Waals surface area contributed by atoms with Crippen LogP contribution in [-0.2, 0) is 9.47 Å². The van der Waals surface area contributed by atoms with Crippen LogP contribution in [0.4, 0.5) is 9.18 Å². The predicted octanol–water partition coefficient (Wildman–Crippen LogP) is 4.66. The molecule has 0 saturated carbocycles. The van der Waals surface area contributed by atoms with Gasteiger partial charge in [-0.25, -0.2) is 9.18 Å². The number of hydrogen-bond donors (Lipinski definition) is 3. The number of ether oxygens (including phenoxy) is 2. The monoisotopic (exact) mass is 377 g/mol. The molecule has 1 atom stereocenters. The van der Waals surface area contributed by atoms with Crippen molar-refractivity contribution in [2.45, 2.75) is 19.4 Å². The summed E-state index contributed by atoms with van der Waals surface area (Å²) in [5.41, 5.74) is 6.58. The number of benzene rings is 2. The Bertz CT molecular complexity index is 840. The molecule has 1 amide bonds. The Kier molecular flexibility index (Phi) is 6.30. The highest BCUT2D eigenvalue weighted by Crippen LogP contribution is 2.30. The first-order chi connectivity index (χ1) is 12.3. The SMILES string of the molecule is CC(=N)OC(=N)CC(OC(N)=O)c1cc(-c2ccc(Cl)cc2)ccc1F. The van der Waals surface area contributed by atoms with Gasteiger partial charge in [0.2, 0.25) is 0 Å². The molecule has 0 aliphatic heterocycles. The lowest BCUT2D eigenvalue weighted by atomic mass is 9.98. The van der Waals surface area contributed by atoms with Gasteiger partial charge in [-0.3, -0.25) is 10.8 Å². The number of hydrogen-bond acceptors (Lipinski definition) is 5. The average molecular weight is 378 g/mol. The molecule has 136 valence electrons. The molecule has 8 heteroatoms. The quantitative estimate of drug-likeness (QED) is 0.520. The van der Waals surface area contributed by atoms with E-state index >= 15 is 0 Å². The van der Waals surface area contributed by atoms with Crippen LogP contribution >= 0.6 is 11.6 Å². The molecule has 2 aromatic carbocycles. The molecule has 0 radical (unpaired) electrons. The van der Waals surface area contributed by atoms with E-state index in [2.05, 4.69) is 0 Å². The van der Waals surface area contributed by atoms with E-state index in [1.165, 1.54) is 19.1 Å². The predicted molar refractivity (Wildman–Crippen MR) is 97.1 cm³/mol. The van der Waals surface area contributed by atoms with E-state index in [1.807, 2.05) is 0 Å². The van der Waals surface area contributed by atoms with Gasteiger partial charge in [-0.1, -0.05) is 29.8 Å². The van der Waals surface area contributed by atoms with Crippen LogP contribution in [0.25, 0.3) is 11.1 Å². The molecule has 0 spiro atoms. The number of amides is 1. The van der Waals surface area contributed by atoms with Crippen LogP contribution in [0.3, 0.4) is 0 Å². The Morgan fingerprint density at radius 1 is 1.19 bits per heavy atom. The van der Waals surface area contributed by atoms with Crippen LogP contribution in [0.2, 0.25) is 5.02 Å². The molecule has 0 aromatic heterocycles. The third kappa shape index (κ3) is 5.29. The zero-order chi connectivity index (χ0) is 19.3. The number of nitrogens with two attached hydrogens (primary N) is 1. The molecule has 0 heterocycles. The van der Waals surface area contributed by atoms with Crippen molar-refractivity contribution in [2.75, 3.05) is 0 Å². The fourth-order valence-corrected chi connectivity index (χ4v) is 2.49. The zero-order valence-corrected chi connectivity index (χ0v) is 14.6. The van der Waals surface area contributed by atoms with Crippen LogP contribution in [0.5, 0.6) is 0 Å². The minimum atomic E-state index is -1.16. The zero-order valence-electron chi connectivity index (χ0n) is 13.9. The lowest BCUT2D eigenvalue weighted by molar-refractivity contribution is 0.106. The highest BCUT2D eigenvalue weighted by molar-refractivity contribution is 6.30. The Morgan fingerprint density at radius 3 is 2.38 bits per heavy atom. The van der Waals surface area contributed by atoms with Crippen molar-refractivity contribution in [3.05, 3.63) is 58.9 Å². The van der Waals surface area contributed by atoms with E-state index < -0.39 is 18.0 Å². The van der Waals surface area contributed by atoms with Crippen molar-refractivity contribution in [3.63, 3.8) is 0 Å². The van der Waals surface area contributed by atoms with Crippen LogP contribution in [0.15, 0.2) is 42.5 Å². The lowest BCUT2D eigenvalue weighted by Crippen LogP contribution is -2.21. The van der Waals surface area contributed by atoms with Gasteiger partial charge in [0.05, 0.1) is 6.42 Å². The first kappa shape index (κ1) is 19.4. The summed E-state index contributed by atoms with van der Waals surface area (Å²) in [6.45, 7) is 1.35. The van der Waals surface area contributed by atoms with E-state index in [4.69, 9.17) is 37.6 Å². The molecule has 0 aliphatic carbocycles. The maximum absolute atomic E-state index is 14.4. The van der Waals surface area contributed by atoms with Crippen molar-refractivity contribution in [3.8, 4) is 11.1 Å². The summed E-state index contributed by atoms with van der Waals surface area (Å²) >= 11 is 5.88. The van der Waals surface area contributed by atoms with Crippen LogP contribution in [0.1, 0.15) is 25.0 Å². The van der Waals surface area contributed by atoms with Gasteiger partial charge in [0.1, 0.15) is 11.9 Å². The molecule has 2 aromatic rings. The Hall–Kier alpha value is -2.93. The topological polar surface area (TPSA) is 109 Å². The maximum atomic E-state index is 14.4. The van der Waals surface area contributed by atoms with Crippen LogP contribution in [-0.4, -0.2) is 17.9 Å². The first-order valence-corrected chi connectivity index (χ1v) is 7.96. The second-order valence-corrected chi connectivity index (χ2v) is 5.89. The maximum Gasteiger partial charge on any atom is 0.405 e. The number of carbonyl (C=O) groups excluding carboxylic acids is 1. The van der Waals surface area contributed by atoms with Gasteiger partial charge in [0.15, 0.2) is 11.8 Å². The van der Waals surface area contributed by atoms with Gasteiger partial charge in [-0.2, -0.15) is 0 Å². The smallest absolute Gasteiger partial charge is 0.405 e. The number of rotatable bonds is 5. The van der Waals surface area contributed by atoms with E-state index in [9.17, 15) is 9.18 Å². The van der Waals surface area contributed by atoms with E-state index in [0.29, 0.717) is 10.6 Å². The number of carbonyl (C=O) groups is 1. The third-order valence-corrected chi connectivity index (χ3v) is 3.68. The van der Waals surface area contributed by atoms with Gasteiger partial charge < -0.3 is 15.2 Å². The lowest BCUT2D eigenvalue weighted by Gasteiger charge is -2.19. The average Bonchev–Trinajstić information content (AvgIpc) is 2.54. The van der Waals surface area contributed by atoms with Gasteiger partial charge in [-0.05, 0) is 35.4 Å². The van der Waals surface area contributed by atoms with Gasteiger partial charge >= 0.3 is 6.09 Å². The second kappa shape index (κ2) is 8.44. The van der Waals surface area contributed by atoms with Gasteiger partial charge in [0.25, 0.3) is 0 Å². The number of nitrogens with one attached hydrogen (secondary N) is 2. The van der Waals surface area contributed by atoms with Crippen molar-refractivity contribution >= 4 is 29.5 Å². The molecule has 1 unspecified atom stereocenters. The van der Waals surface area contributed by atoms with Crippen molar-refractivity contribution in [2.24, 2.45) is 5.73 Å². The summed E-state index contributed by atoms with van der Waals surface area (Å²) < 4.78 is 24.2. The minimum Gasteiger partial charge on any atom is -0.441 e. The summed E-state index contributed by atoms with van der Waals surface area (Å²) in [5, 5.41) is 15.5. The van der Waals surface area contributed by atoms with Crippen molar-refractivity contribution in [1.82, 2.24) is 0 Å². The standard InChI is InChI=1S/C18H17ClFN3O3/c1-10(21)25-17(22)9-16(26-18(23)24)14-8-12(4-7-15(14)20)11-2-5-13(19)6-3-11/h2-8,16,21-22H,9H2,1H3,(H2,23,24). The molecule has 6 nitrogen and oxygen atoms in total. The Labute approximate surface area is 154 Å². The molecule has 0 aliphatic rings. The van der Waals surface area contributed by atoms with Gasteiger partial charge in [-0.15, -0.1) is 0 Å². The summed E-state index contributed by atoms with van der Waals surface area (Å²) in [7, 11) is 0. The minimum absolute atomic E-state index is 0.0484. The molecule has 26 heavy (non-hydrogen) atoms. The highest BCUT2D eigenvalue weighted by Gasteiger charge is 2.23. The molecular formula is C18H17ClFN3O3. The van der Waals surface area contributed by atoms with Gasteiger partial charge in [0, 0.05) is 17.5 Å². The largest absolute Gasteiger partial charge is 0.441 e. The Morgan fingerprint density at radius 2 is 1.81 bits per heavy atom. The first-order valence-electron chi connectivity index (χ1n) is 7.58. The molecule has 4 N–H and O–H groups in total. The molecule has 2 rings (SSSR count). The fraction of sp³-hybridized carbons (Fsp3) is 0.167. The van der Waals surface area contributed by atoms with Crippen LogP contribution < -0.4 is 5.73 Å². The number of halogens is 2. The van der Waals surface area contributed by atoms with Crippen LogP contribution in [0, 0.1) is 16.6 Å². The Balaban J connectivity index is 2.38. The summed E-state index contributed by atoms with van der Waals surface area (Å²) in [6, 6.07) is 11.3. The molecule has 0 bridgehead atoms.